The standard InChI is InChI=1S/C44H28N6/c45-29-30-19-21-33(22-20-30)40-28-39(32-11-4-1-5-12-32)46-44(47-40)38-18-10-17-37(27-38)31-23-25-36(26-24-31)43-49-41(34-13-6-2-7-14-34)48-42(50-43)35-15-8-3-9-16-35/h1-28H. The Kier molecular flexibility index (Phi) is 8.20. The first-order valence-corrected chi connectivity index (χ1v) is 16.2. The lowest BCUT2D eigenvalue weighted by atomic mass is 10.0. The van der Waals surface area contributed by atoms with Gasteiger partial charge in [-0.25, -0.2) is 24.9 Å². The number of nitrogens with zero attached hydrogens (tertiary/aromatic N) is 6. The van der Waals surface area contributed by atoms with Crippen LogP contribution in [0.1, 0.15) is 5.56 Å². The molecular weight excluding hydrogens is 613 g/mol. The van der Waals surface area contributed by atoms with Crippen molar-refractivity contribution in [3.63, 3.8) is 0 Å². The summed E-state index contributed by atoms with van der Waals surface area (Å²) in [5.74, 6) is 2.49. The van der Waals surface area contributed by atoms with E-state index in [9.17, 15) is 5.26 Å². The predicted octanol–water partition coefficient (Wildman–Crippen LogP) is 10.2. The lowest BCUT2D eigenvalue weighted by Gasteiger charge is -2.11. The van der Waals surface area contributed by atoms with Crippen LogP contribution in [-0.2, 0) is 0 Å². The normalized spacial score (nSPS) is 10.8. The van der Waals surface area contributed by atoms with Crippen molar-refractivity contribution >= 4 is 0 Å². The van der Waals surface area contributed by atoms with Crippen molar-refractivity contribution in [2.45, 2.75) is 0 Å². The first-order valence-electron chi connectivity index (χ1n) is 16.2. The molecule has 0 amide bonds. The fourth-order valence-electron chi connectivity index (χ4n) is 5.78. The maximum absolute atomic E-state index is 9.30. The van der Waals surface area contributed by atoms with Crippen LogP contribution in [0.2, 0.25) is 0 Å². The van der Waals surface area contributed by atoms with Crippen molar-refractivity contribution in [3.8, 4) is 85.3 Å². The summed E-state index contributed by atoms with van der Waals surface area (Å²) in [5.41, 5.74) is 9.88. The molecule has 0 N–H and O–H groups in total. The van der Waals surface area contributed by atoms with E-state index >= 15 is 0 Å². The van der Waals surface area contributed by atoms with Crippen molar-refractivity contribution in [3.05, 3.63) is 175 Å². The molecule has 0 aliphatic carbocycles. The molecule has 234 valence electrons. The van der Waals surface area contributed by atoms with Gasteiger partial charge < -0.3 is 0 Å². The zero-order chi connectivity index (χ0) is 33.7. The van der Waals surface area contributed by atoms with Gasteiger partial charge in [0.05, 0.1) is 23.0 Å². The molecule has 0 unspecified atom stereocenters. The van der Waals surface area contributed by atoms with E-state index in [1.807, 2.05) is 133 Å². The van der Waals surface area contributed by atoms with Crippen molar-refractivity contribution in [1.29, 1.82) is 5.26 Å². The van der Waals surface area contributed by atoms with Crippen LogP contribution in [0.3, 0.4) is 0 Å². The molecule has 8 rings (SSSR count). The number of rotatable bonds is 7. The van der Waals surface area contributed by atoms with E-state index in [0.717, 1.165) is 55.9 Å². The Hall–Kier alpha value is -7.10. The Morgan fingerprint density at radius 2 is 0.680 bits per heavy atom. The van der Waals surface area contributed by atoms with Crippen LogP contribution in [0, 0.1) is 11.3 Å². The number of hydrogen-bond donors (Lipinski definition) is 0. The molecule has 0 saturated carbocycles. The lowest BCUT2D eigenvalue weighted by molar-refractivity contribution is 1.07. The Morgan fingerprint density at radius 3 is 1.20 bits per heavy atom. The van der Waals surface area contributed by atoms with Gasteiger partial charge in [0.25, 0.3) is 0 Å². The molecule has 0 bridgehead atoms. The zero-order valence-corrected chi connectivity index (χ0v) is 26.8. The highest BCUT2D eigenvalue weighted by Crippen LogP contribution is 2.31. The minimum absolute atomic E-state index is 0.605. The van der Waals surface area contributed by atoms with Gasteiger partial charge in [-0.3, -0.25) is 0 Å². The van der Waals surface area contributed by atoms with Gasteiger partial charge in [-0.1, -0.05) is 146 Å². The van der Waals surface area contributed by atoms with Gasteiger partial charge in [0, 0.05) is 33.4 Å². The Balaban J connectivity index is 1.16. The molecule has 50 heavy (non-hydrogen) atoms. The average Bonchev–Trinajstić information content (AvgIpc) is 3.21. The van der Waals surface area contributed by atoms with Gasteiger partial charge in [-0.15, -0.1) is 0 Å². The van der Waals surface area contributed by atoms with Crippen LogP contribution in [0.5, 0.6) is 0 Å². The Morgan fingerprint density at radius 1 is 0.300 bits per heavy atom. The summed E-state index contributed by atoms with van der Waals surface area (Å²) in [7, 11) is 0. The smallest absolute Gasteiger partial charge is 0.164 e. The average molecular weight is 641 g/mol. The molecule has 0 atom stereocenters. The zero-order valence-electron chi connectivity index (χ0n) is 26.8. The Bertz CT molecular complexity index is 2400. The maximum atomic E-state index is 9.30. The summed E-state index contributed by atoms with van der Waals surface area (Å²) >= 11 is 0. The summed E-state index contributed by atoms with van der Waals surface area (Å²) < 4.78 is 0. The second-order valence-electron chi connectivity index (χ2n) is 11.7. The number of aromatic nitrogens is 5. The van der Waals surface area contributed by atoms with E-state index in [2.05, 4.69) is 42.5 Å². The van der Waals surface area contributed by atoms with E-state index in [4.69, 9.17) is 24.9 Å². The van der Waals surface area contributed by atoms with Crippen molar-refractivity contribution < 1.29 is 0 Å². The first-order chi connectivity index (χ1) is 24.7. The van der Waals surface area contributed by atoms with Crippen LogP contribution in [0.4, 0.5) is 0 Å². The van der Waals surface area contributed by atoms with Crippen LogP contribution >= 0.6 is 0 Å². The highest BCUT2D eigenvalue weighted by molar-refractivity contribution is 5.76. The lowest BCUT2D eigenvalue weighted by Crippen LogP contribution is -2.00. The fourth-order valence-corrected chi connectivity index (χ4v) is 5.78. The molecule has 2 heterocycles. The summed E-state index contributed by atoms with van der Waals surface area (Å²) in [6.45, 7) is 0. The summed E-state index contributed by atoms with van der Waals surface area (Å²) in [5, 5.41) is 9.30. The minimum Gasteiger partial charge on any atom is -0.228 e. The third kappa shape index (κ3) is 6.40. The molecule has 6 aromatic carbocycles. The molecule has 0 radical (unpaired) electrons. The summed E-state index contributed by atoms with van der Waals surface area (Å²) in [6.07, 6.45) is 0. The Labute approximate surface area is 290 Å². The van der Waals surface area contributed by atoms with Crippen molar-refractivity contribution in [1.82, 2.24) is 24.9 Å². The molecule has 0 fully saturated rings. The highest BCUT2D eigenvalue weighted by atomic mass is 15.0. The minimum atomic E-state index is 0.605. The van der Waals surface area contributed by atoms with Crippen molar-refractivity contribution in [2.24, 2.45) is 0 Å². The molecule has 8 aromatic rings. The molecule has 2 aromatic heterocycles. The van der Waals surface area contributed by atoms with Gasteiger partial charge in [-0.05, 0) is 35.4 Å². The van der Waals surface area contributed by atoms with Gasteiger partial charge in [0.2, 0.25) is 0 Å². The van der Waals surface area contributed by atoms with E-state index in [1.54, 1.807) is 0 Å². The SMILES string of the molecule is N#Cc1ccc(-c2cc(-c3ccccc3)nc(-c3cccc(-c4ccc(-c5nc(-c6ccccc6)nc(-c6ccccc6)n5)cc4)c3)n2)cc1. The first kappa shape index (κ1) is 30.2. The topological polar surface area (TPSA) is 88.2 Å². The van der Waals surface area contributed by atoms with Crippen LogP contribution < -0.4 is 0 Å². The van der Waals surface area contributed by atoms with Gasteiger partial charge in [-0.2, -0.15) is 5.26 Å². The van der Waals surface area contributed by atoms with Crippen LogP contribution in [0.25, 0.3) is 79.2 Å². The largest absolute Gasteiger partial charge is 0.228 e. The predicted molar refractivity (Wildman–Crippen MR) is 198 cm³/mol. The van der Waals surface area contributed by atoms with Gasteiger partial charge >= 0.3 is 0 Å². The van der Waals surface area contributed by atoms with Crippen molar-refractivity contribution in [2.75, 3.05) is 0 Å². The monoisotopic (exact) mass is 640 g/mol. The quantitative estimate of drug-likeness (QED) is 0.172. The summed E-state index contributed by atoms with van der Waals surface area (Å²) in [6, 6.07) is 58.3. The van der Waals surface area contributed by atoms with Gasteiger partial charge in [0.15, 0.2) is 23.3 Å². The molecule has 0 aliphatic rings. The van der Waals surface area contributed by atoms with E-state index in [1.165, 1.54) is 0 Å². The third-order valence-electron chi connectivity index (χ3n) is 8.40. The number of nitriles is 1. The molecular formula is C44H28N6. The molecule has 0 aliphatic heterocycles. The summed E-state index contributed by atoms with van der Waals surface area (Å²) in [4.78, 5) is 24.6. The van der Waals surface area contributed by atoms with Gasteiger partial charge in [0.1, 0.15) is 0 Å². The second kappa shape index (κ2) is 13.6. The fraction of sp³-hybridized carbons (Fsp3) is 0. The molecule has 6 heteroatoms. The molecule has 6 nitrogen and oxygen atoms in total. The van der Waals surface area contributed by atoms with E-state index < -0.39 is 0 Å². The van der Waals surface area contributed by atoms with E-state index in [0.29, 0.717) is 28.9 Å². The van der Waals surface area contributed by atoms with Crippen LogP contribution in [0.15, 0.2) is 170 Å². The maximum Gasteiger partial charge on any atom is 0.164 e. The highest BCUT2D eigenvalue weighted by Gasteiger charge is 2.14. The van der Waals surface area contributed by atoms with Crippen LogP contribution in [-0.4, -0.2) is 24.9 Å². The number of benzene rings is 6. The van der Waals surface area contributed by atoms with E-state index in [-0.39, 0.29) is 0 Å². The molecule has 0 saturated heterocycles. The third-order valence-corrected chi connectivity index (χ3v) is 8.40. The second-order valence-corrected chi connectivity index (χ2v) is 11.7. The number of hydrogen-bond acceptors (Lipinski definition) is 6. The molecule has 0 spiro atoms.